The molecule has 0 aromatic heterocycles. The number of hydrogen-bond acceptors (Lipinski definition) is 2. The Morgan fingerprint density at radius 2 is 0.400 bits per heavy atom. The van der Waals surface area contributed by atoms with E-state index in [0.29, 0.717) is 0 Å². The second-order valence-electron chi connectivity index (χ2n) is 20.5. The van der Waals surface area contributed by atoms with Crippen LogP contribution in [0.1, 0.15) is 0 Å². The van der Waals surface area contributed by atoms with Crippen LogP contribution in [0.3, 0.4) is 0 Å². The van der Waals surface area contributed by atoms with Crippen molar-refractivity contribution in [2.45, 2.75) is 0 Å². The average molecular weight is 1020 g/mol. The zero-order valence-electron chi connectivity index (χ0n) is 44.1. The van der Waals surface area contributed by atoms with E-state index in [1.807, 2.05) is 0 Å². The van der Waals surface area contributed by atoms with Crippen LogP contribution in [0, 0.1) is 0 Å². The molecule has 0 aliphatic heterocycles. The zero-order chi connectivity index (χ0) is 53.2. The molecule has 376 valence electrons. The van der Waals surface area contributed by atoms with Crippen molar-refractivity contribution in [2.24, 2.45) is 0 Å². The molecule has 2 nitrogen and oxygen atoms in total. The van der Waals surface area contributed by atoms with Crippen molar-refractivity contribution in [1.29, 1.82) is 0 Å². The van der Waals surface area contributed by atoms with Crippen LogP contribution in [-0.4, -0.2) is 0 Å². The molecule has 14 aromatic rings. The highest BCUT2D eigenvalue weighted by Crippen LogP contribution is 2.48. The van der Waals surface area contributed by atoms with Crippen LogP contribution in [0.4, 0.5) is 34.1 Å². The van der Waals surface area contributed by atoms with Gasteiger partial charge in [0.05, 0.1) is 11.4 Å². The lowest BCUT2D eigenvalue weighted by molar-refractivity contribution is 1.28. The third-order valence-electron chi connectivity index (χ3n) is 15.6. The summed E-state index contributed by atoms with van der Waals surface area (Å²) in [6.07, 6.45) is 0. The summed E-state index contributed by atoms with van der Waals surface area (Å²) in [6.45, 7) is 0. The number of hydrogen-bond donors (Lipinski definition) is 0. The Hall–Kier alpha value is -10.5. The van der Waals surface area contributed by atoms with Crippen molar-refractivity contribution in [3.8, 4) is 66.8 Å². The van der Waals surface area contributed by atoms with Gasteiger partial charge in [-0.25, -0.2) is 0 Å². The van der Waals surface area contributed by atoms with Gasteiger partial charge in [-0.15, -0.1) is 0 Å². The van der Waals surface area contributed by atoms with E-state index in [9.17, 15) is 0 Å². The maximum Gasteiger partial charge on any atom is 0.0546 e. The van der Waals surface area contributed by atoms with E-state index in [2.05, 4.69) is 337 Å². The van der Waals surface area contributed by atoms with Gasteiger partial charge < -0.3 is 9.80 Å². The summed E-state index contributed by atoms with van der Waals surface area (Å²) in [6, 6.07) is 120. The molecule has 0 radical (unpaired) electrons. The van der Waals surface area contributed by atoms with Gasteiger partial charge in [-0.3, -0.25) is 0 Å². The van der Waals surface area contributed by atoms with Gasteiger partial charge in [0.1, 0.15) is 0 Å². The minimum Gasteiger partial charge on any atom is -0.310 e. The monoisotopic (exact) mass is 1020 g/mol. The van der Waals surface area contributed by atoms with Crippen molar-refractivity contribution in [1.82, 2.24) is 0 Å². The van der Waals surface area contributed by atoms with Crippen molar-refractivity contribution in [3.63, 3.8) is 0 Å². The largest absolute Gasteiger partial charge is 0.310 e. The Kier molecular flexibility index (Phi) is 12.6. The molecule has 0 aliphatic carbocycles. The number of nitrogens with zero attached hydrogens (tertiary/aromatic N) is 2. The number of benzene rings is 14. The van der Waals surface area contributed by atoms with E-state index in [-0.39, 0.29) is 0 Å². The Morgan fingerprint density at radius 1 is 0.150 bits per heavy atom. The van der Waals surface area contributed by atoms with Crippen molar-refractivity contribution >= 4 is 66.4 Å². The quantitative estimate of drug-likeness (QED) is 0.120. The van der Waals surface area contributed by atoms with Gasteiger partial charge >= 0.3 is 0 Å². The highest BCUT2D eigenvalue weighted by atomic mass is 15.2. The highest BCUT2D eigenvalue weighted by Gasteiger charge is 2.23. The molecule has 0 unspecified atom stereocenters. The Labute approximate surface area is 468 Å². The minimum atomic E-state index is 1.06. The third kappa shape index (κ3) is 9.46. The lowest BCUT2D eigenvalue weighted by Gasteiger charge is -2.31. The summed E-state index contributed by atoms with van der Waals surface area (Å²) < 4.78 is 0. The highest BCUT2D eigenvalue weighted by molar-refractivity contribution is 6.04. The van der Waals surface area contributed by atoms with Crippen molar-refractivity contribution in [2.75, 3.05) is 9.80 Å². The molecule has 0 N–H and O–H groups in total. The topological polar surface area (TPSA) is 6.48 Å². The molecule has 0 heterocycles. The molecule has 0 saturated carbocycles. The molecule has 80 heavy (non-hydrogen) atoms. The molecule has 2 heteroatoms. The summed E-state index contributed by atoms with van der Waals surface area (Å²) in [5, 5.41) is 7.20. The summed E-state index contributed by atoms with van der Waals surface area (Å²) in [5.74, 6) is 0. The van der Waals surface area contributed by atoms with Crippen molar-refractivity contribution < 1.29 is 0 Å². The standard InChI is InChI=1S/C78H54N2/c1-5-17-55(18-6-1)59-33-41-71(42-34-59)79(73-45-37-61(38-46-73)67-31-29-57-21-13-15-27-65(57)49-67)77-53-70-54-78(76(64-25-11-4-12-26-64)52-69(70)51-75(77)63-23-9-3-10-24-63)80(72-43-35-60(36-44-72)56-19-7-2-8-20-56)74-47-39-62(40-48-74)68-32-30-58-22-14-16-28-66(58)50-68/h1-54H. The van der Waals surface area contributed by atoms with Gasteiger partial charge in [-0.2, -0.15) is 0 Å². The van der Waals surface area contributed by atoms with Crippen LogP contribution in [0.25, 0.3) is 99.1 Å². The maximum absolute atomic E-state index is 2.44. The summed E-state index contributed by atoms with van der Waals surface area (Å²) in [4.78, 5) is 4.88. The lowest BCUT2D eigenvalue weighted by atomic mass is 9.93. The second kappa shape index (κ2) is 21.1. The smallest absolute Gasteiger partial charge is 0.0546 e. The normalized spacial score (nSPS) is 11.2. The fourth-order valence-corrected chi connectivity index (χ4v) is 11.5. The van der Waals surface area contributed by atoms with E-state index in [1.54, 1.807) is 0 Å². The van der Waals surface area contributed by atoms with Crippen LogP contribution in [0.15, 0.2) is 328 Å². The molecule has 0 aliphatic rings. The van der Waals surface area contributed by atoms with Crippen molar-refractivity contribution in [3.05, 3.63) is 328 Å². The molecule has 0 fully saturated rings. The lowest BCUT2D eigenvalue weighted by Crippen LogP contribution is -2.12. The summed E-state index contributed by atoms with van der Waals surface area (Å²) in [7, 11) is 0. The average Bonchev–Trinajstić information content (AvgIpc) is 3.60. The molecule has 14 aromatic carbocycles. The van der Waals surface area contributed by atoms with Gasteiger partial charge in [0.15, 0.2) is 0 Å². The Morgan fingerprint density at radius 3 is 0.738 bits per heavy atom. The number of fused-ring (bicyclic) bond motifs is 3. The van der Waals surface area contributed by atoms with Gasteiger partial charge in [0.2, 0.25) is 0 Å². The fourth-order valence-electron chi connectivity index (χ4n) is 11.5. The molecular weight excluding hydrogens is 965 g/mol. The van der Waals surface area contributed by atoms with Gasteiger partial charge in [0, 0.05) is 33.9 Å². The van der Waals surface area contributed by atoms with Crippen LogP contribution in [0.2, 0.25) is 0 Å². The molecule has 0 spiro atoms. The first-order valence-corrected chi connectivity index (χ1v) is 27.5. The molecule has 0 amide bonds. The molecule has 0 saturated heterocycles. The summed E-state index contributed by atoms with van der Waals surface area (Å²) in [5.41, 5.74) is 20.4. The molecular formula is C78H54N2. The second-order valence-corrected chi connectivity index (χ2v) is 20.5. The molecule has 14 rings (SSSR count). The Balaban J connectivity index is 0.974. The predicted molar refractivity (Wildman–Crippen MR) is 341 cm³/mol. The fraction of sp³-hybridized carbons (Fsp3) is 0. The number of rotatable bonds is 12. The van der Waals surface area contributed by atoms with E-state index in [0.717, 1.165) is 67.2 Å². The van der Waals surface area contributed by atoms with Crippen LogP contribution in [-0.2, 0) is 0 Å². The van der Waals surface area contributed by atoms with Gasteiger partial charge in [0.25, 0.3) is 0 Å². The maximum atomic E-state index is 2.44. The first-order chi connectivity index (χ1) is 39.6. The Bertz CT molecular complexity index is 4170. The SMILES string of the molecule is c1ccc(-c2ccc(N(c3ccc(-c4ccc5ccccc5c4)cc3)c3cc4cc(N(c5ccc(-c6ccccc6)cc5)c5ccc(-c6ccc7ccccc7c6)cc5)c(-c5ccccc5)cc4cc3-c3ccccc3)cc2)cc1. The van der Waals surface area contributed by atoms with E-state index in [4.69, 9.17) is 0 Å². The first-order valence-electron chi connectivity index (χ1n) is 27.5. The van der Waals surface area contributed by atoms with Gasteiger partial charge in [-0.05, 0) is 173 Å². The van der Waals surface area contributed by atoms with E-state index < -0.39 is 0 Å². The molecule has 0 atom stereocenters. The number of anilines is 6. The van der Waals surface area contributed by atoms with Crippen LogP contribution >= 0.6 is 0 Å². The predicted octanol–water partition coefficient (Wildman–Crippen LogP) is 22.1. The summed E-state index contributed by atoms with van der Waals surface area (Å²) >= 11 is 0. The minimum absolute atomic E-state index is 1.06. The first kappa shape index (κ1) is 47.9. The van der Waals surface area contributed by atoms with E-state index in [1.165, 1.54) is 66.1 Å². The van der Waals surface area contributed by atoms with Gasteiger partial charge in [-0.1, -0.05) is 243 Å². The van der Waals surface area contributed by atoms with E-state index >= 15 is 0 Å². The zero-order valence-corrected chi connectivity index (χ0v) is 44.1. The van der Waals surface area contributed by atoms with Crippen LogP contribution in [0.5, 0.6) is 0 Å². The molecule has 0 bridgehead atoms. The third-order valence-corrected chi connectivity index (χ3v) is 15.6. The van der Waals surface area contributed by atoms with Crippen LogP contribution < -0.4 is 9.80 Å².